The molecule has 2 N–H and O–H groups in total. The zero-order valence-electron chi connectivity index (χ0n) is 15.2. The maximum Gasteiger partial charge on any atom is 0.248 e. The van der Waals surface area contributed by atoms with Crippen LogP contribution in [0.5, 0.6) is 0 Å². The van der Waals surface area contributed by atoms with Crippen molar-refractivity contribution in [1.29, 1.82) is 0 Å². The lowest BCUT2D eigenvalue weighted by molar-refractivity contribution is -0.139. The maximum atomic E-state index is 12.6. The van der Waals surface area contributed by atoms with Gasteiger partial charge in [-0.3, -0.25) is 14.4 Å². The predicted octanol–water partition coefficient (Wildman–Crippen LogP) is 1.58. The molecule has 2 heterocycles. The number of hydrogen-bond donors (Lipinski definition) is 1. The molecule has 140 valence electrons. The van der Waals surface area contributed by atoms with Crippen LogP contribution in [-0.4, -0.2) is 53.7 Å². The van der Waals surface area contributed by atoms with E-state index in [1.165, 1.54) is 0 Å². The molecule has 0 radical (unpaired) electrons. The molecule has 3 amide bonds. The highest BCUT2D eigenvalue weighted by Crippen LogP contribution is 2.22. The Hall–Kier alpha value is -2.37. The lowest BCUT2D eigenvalue weighted by Crippen LogP contribution is -2.42. The first-order valence-corrected chi connectivity index (χ1v) is 9.47. The van der Waals surface area contributed by atoms with Gasteiger partial charge in [0.1, 0.15) is 0 Å². The fourth-order valence-electron chi connectivity index (χ4n) is 3.88. The molecule has 26 heavy (non-hydrogen) atoms. The molecule has 2 aliphatic rings. The summed E-state index contributed by atoms with van der Waals surface area (Å²) in [6.45, 7) is 2.35. The second kappa shape index (κ2) is 8.34. The van der Waals surface area contributed by atoms with Crippen molar-refractivity contribution in [3.63, 3.8) is 0 Å². The first kappa shape index (κ1) is 18.4. The van der Waals surface area contributed by atoms with Crippen molar-refractivity contribution >= 4 is 17.7 Å². The lowest BCUT2D eigenvalue weighted by atomic mass is 9.97. The number of rotatable bonds is 5. The van der Waals surface area contributed by atoms with Crippen LogP contribution in [-0.2, 0) is 16.0 Å². The number of carbonyl (C=O) groups is 3. The molecule has 2 aliphatic heterocycles. The molecule has 1 aromatic rings. The van der Waals surface area contributed by atoms with Gasteiger partial charge in [-0.05, 0) is 49.3 Å². The van der Waals surface area contributed by atoms with Crippen molar-refractivity contribution in [2.45, 2.75) is 38.5 Å². The Morgan fingerprint density at radius 2 is 2.00 bits per heavy atom. The average molecular weight is 357 g/mol. The maximum absolute atomic E-state index is 12.6. The smallest absolute Gasteiger partial charge is 0.248 e. The zero-order valence-corrected chi connectivity index (χ0v) is 15.2. The van der Waals surface area contributed by atoms with Crippen LogP contribution in [0.15, 0.2) is 24.3 Å². The molecule has 0 aromatic heterocycles. The number of nitrogens with two attached hydrogens (primary N) is 1. The monoisotopic (exact) mass is 357 g/mol. The summed E-state index contributed by atoms with van der Waals surface area (Å²) in [7, 11) is 0. The minimum atomic E-state index is -0.419. The molecular weight excluding hydrogens is 330 g/mol. The molecule has 1 atom stereocenters. The quantitative estimate of drug-likeness (QED) is 0.868. The highest BCUT2D eigenvalue weighted by molar-refractivity contribution is 5.92. The van der Waals surface area contributed by atoms with Crippen molar-refractivity contribution in [3.8, 4) is 0 Å². The van der Waals surface area contributed by atoms with Crippen molar-refractivity contribution in [2.24, 2.45) is 11.7 Å². The van der Waals surface area contributed by atoms with Gasteiger partial charge in [-0.25, -0.2) is 0 Å². The molecule has 2 fully saturated rings. The van der Waals surface area contributed by atoms with Gasteiger partial charge in [0.15, 0.2) is 0 Å². The van der Waals surface area contributed by atoms with Crippen LogP contribution in [0.1, 0.15) is 48.0 Å². The van der Waals surface area contributed by atoms with E-state index in [2.05, 4.69) is 0 Å². The van der Waals surface area contributed by atoms with Gasteiger partial charge in [-0.1, -0.05) is 18.6 Å². The number of hydrogen-bond acceptors (Lipinski definition) is 3. The molecule has 0 unspecified atom stereocenters. The Labute approximate surface area is 154 Å². The van der Waals surface area contributed by atoms with Crippen molar-refractivity contribution in [2.75, 3.05) is 26.2 Å². The van der Waals surface area contributed by atoms with Crippen LogP contribution in [0.4, 0.5) is 0 Å². The molecule has 0 bridgehead atoms. The van der Waals surface area contributed by atoms with Gasteiger partial charge in [0.2, 0.25) is 17.7 Å². The molecule has 6 heteroatoms. The minimum absolute atomic E-state index is 0.0497. The molecular formula is C20H27N3O3. The second-order valence-electron chi connectivity index (χ2n) is 7.39. The summed E-state index contributed by atoms with van der Waals surface area (Å²) >= 11 is 0. The second-order valence-corrected chi connectivity index (χ2v) is 7.39. The highest BCUT2D eigenvalue weighted by atomic mass is 16.2. The van der Waals surface area contributed by atoms with Gasteiger partial charge in [0.05, 0.1) is 6.54 Å². The third-order valence-corrected chi connectivity index (χ3v) is 5.37. The topological polar surface area (TPSA) is 83.7 Å². The summed E-state index contributed by atoms with van der Waals surface area (Å²) in [5.41, 5.74) is 6.93. The van der Waals surface area contributed by atoms with E-state index in [0.717, 1.165) is 44.2 Å². The highest BCUT2D eigenvalue weighted by Gasteiger charge is 2.28. The Kier molecular flexibility index (Phi) is 5.91. The van der Waals surface area contributed by atoms with Crippen molar-refractivity contribution in [1.82, 2.24) is 9.80 Å². The SMILES string of the molecule is NC(=O)c1cccc(C[C@H]2CCN(C(=O)CN3CCCCCC3=O)C2)c1. The van der Waals surface area contributed by atoms with E-state index in [1.807, 2.05) is 23.1 Å². The van der Waals surface area contributed by atoms with E-state index in [0.29, 0.717) is 31.0 Å². The molecule has 0 saturated carbocycles. The average Bonchev–Trinajstić information content (AvgIpc) is 2.99. The molecule has 2 saturated heterocycles. The lowest BCUT2D eigenvalue weighted by Gasteiger charge is -2.24. The van der Waals surface area contributed by atoms with E-state index in [-0.39, 0.29) is 18.4 Å². The largest absolute Gasteiger partial charge is 0.366 e. The third-order valence-electron chi connectivity index (χ3n) is 5.37. The van der Waals surface area contributed by atoms with E-state index < -0.39 is 5.91 Å². The molecule has 0 aliphatic carbocycles. The Bertz CT molecular complexity index is 689. The number of carbonyl (C=O) groups excluding carboxylic acids is 3. The number of benzene rings is 1. The van der Waals surface area contributed by atoms with Crippen LogP contribution in [0.3, 0.4) is 0 Å². The predicted molar refractivity (Wildman–Crippen MR) is 98.4 cm³/mol. The first-order valence-electron chi connectivity index (χ1n) is 9.47. The van der Waals surface area contributed by atoms with Crippen molar-refractivity contribution in [3.05, 3.63) is 35.4 Å². The van der Waals surface area contributed by atoms with Gasteiger partial charge < -0.3 is 15.5 Å². The van der Waals surface area contributed by atoms with Gasteiger partial charge in [-0.15, -0.1) is 0 Å². The van der Waals surface area contributed by atoms with Crippen LogP contribution >= 0.6 is 0 Å². The summed E-state index contributed by atoms with van der Waals surface area (Å²) in [6.07, 6.45) is 5.31. The van der Waals surface area contributed by atoms with Crippen LogP contribution in [0, 0.1) is 5.92 Å². The molecule has 0 spiro atoms. The Morgan fingerprint density at radius 1 is 1.15 bits per heavy atom. The van der Waals surface area contributed by atoms with Gasteiger partial charge in [0.25, 0.3) is 0 Å². The fourth-order valence-corrected chi connectivity index (χ4v) is 3.88. The first-order chi connectivity index (χ1) is 12.5. The molecule has 6 nitrogen and oxygen atoms in total. The Morgan fingerprint density at radius 3 is 2.81 bits per heavy atom. The van der Waals surface area contributed by atoms with E-state index in [1.54, 1.807) is 11.0 Å². The van der Waals surface area contributed by atoms with Crippen molar-refractivity contribution < 1.29 is 14.4 Å². The number of likely N-dealkylation sites (tertiary alicyclic amines) is 2. The number of nitrogens with zero attached hydrogens (tertiary/aromatic N) is 2. The van der Waals surface area contributed by atoms with Gasteiger partial charge in [-0.2, -0.15) is 0 Å². The van der Waals surface area contributed by atoms with Crippen LogP contribution in [0.2, 0.25) is 0 Å². The van der Waals surface area contributed by atoms with E-state index >= 15 is 0 Å². The van der Waals surface area contributed by atoms with Crippen LogP contribution in [0.25, 0.3) is 0 Å². The minimum Gasteiger partial charge on any atom is -0.366 e. The van der Waals surface area contributed by atoms with Gasteiger partial charge in [0, 0.05) is 31.6 Å². The fraction of sp³-hybridized carbons (Fsp3) is 0.550. The van der Waals surface area contributed by atoms with E-state index in [4.69, 9.17) is 5.73 Å². The molecule has 3 rings (SSSR count). The van der Waals surface area contributed by atoms with Gasteiger partial charge >= 0.3 is 0 Å². The standard InChI is InChI=1S/C20H27N3O3/c21-20(26)17-6-4-5-15(12-17)11-16-8-10-23(13-16)19(25)14-22-9-3-1-2-7-18(22)24/h4-6,12,16H,1-3,7-11,13-14H2,(H2,21,26)/t16-/m1/s1. The van der Waals surface area contributed by atoms with Crippen LogP contribution < -0.4 is 5.73 Å². The Balaban J connectivity index is 1.53. The van der Waals surface area contributed by atoms with E-state index in [9.17, 15) is 14.4 Å². The normalized spacial score (nSPS) is 20.9. The number of amides is 3. The summed E-state index contributed by atoms with van der Waals surface area (Å²) in [5.74, 6) is 0.114. The molecule has 1 aromatic carbocycles. The summed E-state index contributed by atoms with van der Waals surface area (Å²) in [6, 6.07) is 7.39. The summed E-state index contributed by atoms with van der Waals surface area (Å²) in [5, 5.41) is 0. The summed E-state index contributed by atoms with van der Waals surface area (Å²) < 4.78 is 0. The third kappa shape index (κ3) is 4.62. The number of primary amides is 1. The summed E-state index contributed by atoms with van der Waals surface area (Å²) in [4.78, 5) is 39.6. The zero-order chi connectivity index (χ0) is 18.5.